The fraction of sp³-hybridized carbons (Fsp3) is 0.333. The predicted octanol–water partition coefficient (Wildman–Crippen LogP) is 4.19. The Labute approximate surface area is 154 Å². The summed E-state index contributed by atoms with van der Waals surface area (Å²) in [6.07, 6.45) is 0. The van der Waals surface area contributed by atoms with Crippen molar-refractivity contribution in [3.05, 3.63) is 63.2 Å². The topological polar surface area (TPSA) is 72.8 Å². The maximum atomic E-state index is 11.3. The Kier molecular flexibility index (Phi) is 7.38. The van der Waals surface area contributed by atoms with E-state index < -0.39 is 5.97 Å². The zero-order valence-corrected chi connectivity index (χ0v) is 16.4. The van der Waals surface area contributed by atoms with E-state index in [4.69, 9.17) is 4.74 Å². The van der Waals surface area contributed by atoms with Crippen molar-refractivity contribution < 1.29 is 24.2 Å². The second-order valence-electron chi connectivity index (χ2n) is 6.23. The highest BCUT2D eigenvalue weighted by molar-refractivity contribution is 5.94. The molecule has 0 aliphatic heterocycles. The van der Waals surface area contributed by atoms with Crippen molar-refractivity contribution in [3.63, 3.8) is 0 Å². The van der Waals surface area contributed by atoms with Crippen LogP contribution < -0.4 is 0 Å². The monoisotopic (exact) mass is 358 g/mol. The first-order valence-corrected chi connectivity index (χ1v) is 8.17. The number of methoxy groups -OCH3 is 2. The molecule has 0 aliphatic carbocycles. The van der Waals surface area contributed by atoms with Crippen LogP contribution in [0.3, 0.4) is 0 Å². The van der Waals surface area contributed by atoms with E-state index in [1.54, 1.807) is 13.0 Å². The van der Waals surface area contributed by atoms with Gasteiger partial charge in [-0.2, -0.15) is 0 Å². The van der Waals surface area contributed by atoms with Crippen LogP contribution in [-0.2, 0) is 9.47 Å². The third kappa shape index (κ3) is 5.09. The number of esters is 2. The second kappa shape index (κ2) is 9.04. The number of phenolic OH excluding ortho intramolecular Hbond substituents is 1. The summed E-state index contributed by atoms with van der Waals surface area (Å²) in [6.45, 7) is 9.48. The molecule has 140 valence electrons. The minimum Gasteiger partial charge on any atom is -0.507 e. The van der Waals surface area contributed by atoms with Crippen LogP contribution in [0.25, 0.3) is 0 Å². The Hall–Kier alpha value is -2.82. The Morgan fingerprint density at radius 2 is 1.04 bits per heavy atom. The van der Waals surface area contributed by atoms with Gasteiger partial charge < -0.3 is 14.6 Å². The van der Waals surface area contributed by atoms with Gasteiger partial charge in [0.2, 0.25) is 0 Å². The van der Waals surface area contributed by atoms with E-state index in [1.807, 2.05) is 45.9 Å². The summed E-state index contributed by atoms with van der Waals surface area (Å²) in [5.74, 6) is -0.783. The van der Waals surface area contributed by atoms with Crippen molar-refractivity contribution in [2.45, 2.75) is 34.6 Å². The van der Waals surface area contributed by atoms with E-state index in [0.29, 0.717) is 5.56 Å². The van der Waals surface area contributed by atoms with E-state index in [9.17, 15) is 14.7 Å². The quantitative estimate of drug-likeness (QED) is 0.815. The Morgan fingerprint density at radius 3 is 1.42 bits per heavy atom. The molecular weight excluding hydrogens is 332 g/mol. The first-order valence-electron chi connectivity index (χ1n) is 8.17. The van der Waals surface area contributed by atoms with E-state index in [1.165, 1.54) is 19.8 Å². The number of benzene rings is 2. The summed E-state index contributed by atoms with van der Waals surface area (Å²) in [4.78, 5) is 22.5. The van der Waals surface area contributed by atoms with Crippen molar-refractivity contribution >= 4 is 11.9 Å². The second-order valence-corrected chi connectivity index (χ2v) is 6.23. The molecule has 0 aromatic heterocycles. The van der Waals surface area contributed by atoms with Crippen LogP contribution >= 0.6 is 0 Å². The number of phenols is 1. The Bertz CT molecular complexity index is 706. The molecule has 0 atom stereocenters. The average Bonchev–Trinajstić information content (AvgIpc) is 2.53. The lowest BCUT2D eigenvalue weighted by Crippen LogP contribution is -2.06. The number of aryl methyl sites for hydroxylation is 5. The summed E-state index contributed by atoms with van der Waals surface area (Å²) < 4.78 is 9.24. The molecule has 0 spiro atoms. The van der Waals surface area contributed by atoms with Gasteiger partial charge in [0.05, 0.1) is 19.8 Å². The smallest absolute Gasteiger partial charge is 0.341 e. The van der Waals surface area contributed by atoms with Crippen LogP contribution in [0.2, 0.25) is 0 Å². The van der Waals surface area contributed by atoms with Gasteiger partial charge in [0.1, 0.15) is 11.3 Å². The minimum atomic E-state index is -0.505. The molecule has 0 unspecified atom stereocenters. The molecule has 2 aromatic rings. The fourth-order valence-electron chi connectivity index (χ4n) is 2.92. The number of hydrogen-bond acceptors (Lipinski definition) is 5. The van der Waals surface area contributed by atoms with Crippen LogP contribution in [0.15, 0.2) is 24.3 Å². The molecule has 2 aromatic carbocycles. The summed E-state index contributed by atoms with van der Waals surface area (Å²) in [5.41, 5.74) is 5.70. The lowest BCUT2D eigenvalue weighted by Gasteiger charge is -2.08. The number of carbonyl (C=O) groups is 2. The number of ether oxygens (including phenoxy) is 2. The number of rotatable bonds is 2. The van der Waals surface area contributed by atoms with Crippen molar-refractivity contribution in [1.29, 1.82) is 0 Å². The van der Waals surface area contributed by atoms with Gasteiger partial charge in [0.15, 0.2) is 0 Å². The molecule has 5 heteroatoms. The van der Waals surface area contributed by atoms with Crippen LogP contribution in [0.1, 0.15) is 48.5 Å². The summed E-state index contributed by atoms with van der Waals surface area (Å²) in [6, 6.07) is 7.34. The molecule has 0 saturated carbocycles. The SMILES string of the molecule is COC(=O)c1c(C)cc(C)cc1C.COC(=O)c1c(C)cc(C)cc1O. The molecule has 2 rings (SSSR count). The third-order valence-electron chi connectivity index (χ3n) is 3.92. The molecule has 26 heavy (non-hydrogen) atoms. The molecule has 0 radical (unpaired) electrons. The highest BCUT2D eigenvalue weighted by Crippen LogP contribution is 2.23. The van der Waals surface area contributed by atoms with Crippen molar-refractivity contribution in [3.8, 4) is 5.75 Å². The molecule has 0 fully saturated rings. The predicted molar refractivity (Wildman–Crippen MR) is 101 cm³/mol. The third-order valence-corrected chi connectivity index (χ3v) is 3.92. The largest absolute Gasteiger partial charge is 0.507 e. The molecule has 0 amide bonds. The Morgan fingerprint density at radius 1 is 0.692 bits per heavy atom. The van der Waals surface area contributed by atoms with Gasteiger partial charge in [-0.25, -0.2) is 9.59 Å². The lowest BCUT2D eigenvalue weighted by molar-refractivity contribution is 0.0588. The highest BCUT2D eigenvalue weighted by atomic mass is 16.5. The van der Waals surface area contributed by atoms with Crippen LogP contribution in [-0.4, -0.2) is 31.3 Å². The zero-order valence-electron chi connectivity index (χ0n) is 16.4. The number of aromatic hydroxyl groups is 1. The fourth-order valence-corrected chi connectivity index (χ4v) is 2.92. The standard InChI is InChI=1S/C11H14O2.C10H12O3/c1-7-5-8(2)10(9(3)6-7)11(12)13-4;1-6-4-7(2)9(8(11)5-6)10(12)13-3/h5-6H,1-4H3;4-5,11H,1-3H3. The minimum absolute atomic E-state index is 0.0237. The van der Waals surface area contributed by atoms with E-state index in [2.05, 4.69) is 4.74 Å². The van der Waals surface area contributed by atoms with Crippen molar-refractivity contribution in [2.75, 3.05) is 14.2 Å². The van der Waals surface area contributed by atoms with Gasteiger partial charge in [-0.1, -0.05) is 23.8 Å². The Balaban J connectivity index is 0.000000260. The highest BCUT2D eigenvalue weighted by Gasteiger charge is 2.14. The first kappa shape index (κ1) is 21.2. The number of carbonyl (C=O) groups excluding carboxylic acids is 2. The van der Waals surface area contributed by atoms with Gasteiger partial charge in [-0.05, 0) is 62.9 Å². The summed E-state index contributed by atoms with van der Waals surface area (Å²) >= 11 is 0. The maximum Gasteiger partial charge on any atom is 0.341 e. The van der Waals surface area contributed by atoms with E-state index >= 15 is 0 Å². The molecule has 0 bridgehead atoms. The maximum absolute atomic E-state index is 11.3. The van der Waals surface area contributed by atoms with Crippen molar-refractivity contribution in [1.82, 2.24) is 0 Å². The average molecular weight is 358 g/mol. The van der Waals surface area contributed by atoms with Crippen LogP contribution in [0.4, 0.5) is 0 Å². The van der Waals surface area contributed by atoms with Crippen molar-refractivity contribution in [2.24, 2.45) is 0 Å². The van der Waals surface area contributed by atoms with E-state index in [0.717, 1.165) is 22.3 Å². The molecule has 5 nitrogen and oxygen atoms in total. The molecule has 0 saturated heterocycles. The van der Waals surface area contributed by atoms with Gasteiger partial charge in [-0.15, -0.1) is 0 Å². The number of hydrogen-bond donors (Lipinski definition) is 1. The molecule has 0 heterocycles. The van der Waals surface area contributed by atoms with Gasteiger partial charge in [0, 0.05) is 0 Å². The molecule has 1 N–H and O–H groups in total. The van der Waals surface area contributed by atoms with E-state index in [-0.39, 0.29) is 17.3 Å². The first-order chi connectivity index (χ1) is 12.1. The summed E-state index contributed by atoms with van der Waals surface area (Å²) in [5, 5.41) is 9.47. The lowest BCUT2D eigenvalue weighted by atomic mass is 10.0. The van der Waals surface area contributed by atoms with Crippen LogP contribution in [0.5, 0.6) is 5.75 Å². The molecular formula is C21H26O5. The molecule has 0 aliphatic rings. The van der Waals surface area contributed by atoms with Gasteiger partial charge in [-0.3, -0.25) is 0 Å². The zero-order chi connectivity index (χ0) is 20.0. The normalized spacial score (nSPS) is 9.81. The van der Waals surface area contributed by atoms with Crippen LogP contribution in [0, 0.1) is 34.6 Å². The van der Waals surface area contributed by atoms with Gasteiger partial charge >= 0.3 is 11.9 Å². The summed E-state index contributed by atoms with van der Waals surface area (Å²) in [7, 11) is 2.70. The van der Waals surface area contributed by atoms with Gasteiger partial charge in [0.25, 0.3) is 0 Å².